The lowest BCUT2D eigenvalue weighted by Gasteiger charge is -2.21. The molecule has 0 radical (unpaired) electrons. The Bertz CT molecular complexity index is 726. The summed E-state index contributed by atoms with van der Waals surface area (Å²) in [5.74, 6) is 0.363. The fourth-order valence-corrected chi connectivity index (χ4v) is 3.83. The monoisotopic (exact) mass is 360 g/mol. The van der Waals surface area contributed by atoms with E-state index in [9.17, 15) is 4.79 Å². The van der Waals surface area contributed by atoms with Crippen molar-refractivity contribution in [3.05, 3.63) is 53.9 Å². The summed E-state index contributed by atoms with van der Waals surface area (Å²) < 4.78 is 1.80. The van der Waals surface area contributed by atoms with Crippen LogP contribution < -0.4 is 10.6 Å². The number of carbonyl (C=O) groups excluding carboxylic acids is 1. The predicted molar refractivity (Wildman–Crippen MR) is 99.9 cm³/mol. The number of aromatic nitrogens is 2. The van der Waals surface area contributed by atoms with Crippen LogP contribution in [0.25, 0.3) is 0 Å². The maximum atomic E-state index is 12.8. The second-order valence-electron chi connectivity index (χ2n) is 7.18. The van der Waals surface area contributed by atoms with E-state index in [1.807, 2.05) is 25.5 Å². The zero-order chi connectivity index (χ0) is 16.6. The van der Waals surface area contributed by atoms with Crippen LogP contribution in [0.3, 0.4) is 0 Å². The van der Waals surface area contributed by atoms with Gasteiger partial charge in [0.2, 0.25) is 5.91 Å². The molecule has 1 aliphatic heterocycles. The van der Waals surface area contributed by atoms with Crippen LogP contribution in [0.1, 0.15) is 29.9 Å². The van der Waals surface area contributed by atoms with Gasteiger partial charge in [0.25, 0.3) is 0 Å². The van der Waals surface area contributed by atoms with Crippen molar-refractivity contribution < 1.29 is 4.79 Å². The molecule has 2 atom stereocenters. The molecular weight excluding hydrogens is 336 g/mol. The first-order chi connectivity index (χ1) is 11.7. The van der Waals surface area contributed by atoms with Crippen LogP contribution in [-0.2, 0) is 17.3 Å². The summed E-state index contributed by atoms with van der Waals surface area (Å²) in [5.41, 5.74) is 2.65. The van der Waals surface area contributed by atoms with Crippen molar-refractivity contribution in [1.82, 2.24) is 20.4 Å². The van der Waals surface area contributed by atoms with E-state index in [4.69, 9.17) is 0 Å². The van der Waals surface area contributed by atoms with Crippen molar-refractivity contribution in [2.45, 2.75) is 24.2 Å². The SMILES string of the molecule is Cl.Cn1cc([C@H]2CNC[C@@H]2C(=O)NCC2(c3ccccc3)CC2)cn1. The van der Waals surface area contributed by atoms with Gasteiger partial charge in [-0.1, -0.05) is 30.3 Å². The van der Waals surface area contributed by atoms with Crippen LogP contribution in [0, 0.1) is 5.92 Å². The first-order valence-electron chi connectivity index (χ1n) is 8.70. The Hall–Kier alpha value is -1.85. The number of halogens is 1. The van der Waals surface area contributed by atoms with E-state index in [0.717, 1.165) is 38.0 Å². The number of rotatable bonds is 5. The Morgan fingerprint density at radius 1 is 1.32 bits per heavy atom. The lowest BCUT2D eigenvalue weighted by atomic mass is 9.89. The molecule has 1 aromatic carbocycles. The summed E-state index contributed by atoms with van der Waals surface area (Å²) in [6.07, 6.45) is 6.22. The average molecular weight is 361 g/mol. The van der Waals surface area contributed by atoms with E-state index in [1.165, 1.54) is 5.56 Å². The Morgan fingerprint density at radius 2 is 2.08 bits per heavy atom. The number of nitrogens with one attached hydrogen (secondary N) is 2. The smallest absolute Gasteiger partial charge is 0.225 e. The molecule has 2 fully saturated rings. The molecule has 25 heavy (non-hydrogen) atoms. The maximum absolute atomic E-state index is 12.8. The minimum absolute atomic E-state index is 0. The molecule has 1 amide bonds. The zero-order valence-electron chi connectivity index (χ0n) is 14.4. The minimum Gasteiger partial charge on any atom is -0.355 e. The molecule has 2 aromatic rings. The molecule has 6 heteroatoms. The third-order valence-corrected chi connectivity index (χ3v) is 5.54. The molecule has 1 aromatic heterocycles. The van der Waals surface area contributed by atoms with Gasteiger partial charge in [0.15, 0.2) is 0 Å². The zero-order valence-corrected chi connectivity index (χ0v) is 15.3. The van der Waals surface area contributed by atoms with Crippen LogP contribution in [0.4, 0.5) is 0 Å². The van der Waals surface area contributed by atoms with Crippen LogP contribution >= 0.6 is 12.4 Å². The maximum Gasteiger partial charge on any atom is 0.225 e. The quantitative estimate of drug-likeness (QED) is 0.857. The first-order valence-corrected chi connectivity index (χ1v) is 8.70. The number of aryl methyl sites for hydroxylation is 1. The van der Waals surface area contributed by atoms with Crippen molar-refractivity contribution in [1.29, 1.82) is 0 Å². The molecule has 2 aliphatic rings. The van der Waals surface area contributed by atoms with Crippen LogP contribution in [-0.4, -0.2) is 35.3 Å². The second-order valence-corrected chi connectivity index (χ2v) is 7.18. The average Bonchev–Trinajstić information content (AvgIpc) is 3.02. The number of amides is 1. The Labute approximate surface area is 154 Å². The number of hydrogen-bond acceptors (Lipinski definition) is 3. The second kappa shape index (κ2) is 7.18. The summed E-state index contributed by atoms with van der Waals surface area (Å²) in [5, 5.41) is 10.8. The van der Waals surface area contributed by atoms with Crippen LogP contribution in [0.5, 0.6) is 0 Å². The van der Waals surface area contributed by atoms with Gasteiger partial charge in [-0.05, 0) is 24.0 Å². The summed E-state index contributed by atoms with van der Waals surface area (Å²) in [7, 11) is 1.91. The molecule has 1 saturated carbocycles. The van der Waals surface area contributed by atoms with Crippen molar-refractivity contribution in [2.24, 2.45) is 13.0 Å². The molecule has 2 N–H and O–H groups in total. The van der Waals surface area contributed by atoms with Gasteiger partial charge < -0.3 is 10.6 Å². The lowest BCUT2D eigenvalue weighted by Crippen LogP contribution is -2.38. The first kappa shape index (κ1) is 18.0. The van der Waals surface area contributed by atoms with Crippen LogP contribution in [0.15, 0.2) is 42.7 Å². The van der Waals surface area contributed by atoms with Gasteiger partial charge in [0.1, 0.15) is 0 Å². The summed E-state index contributed by atoms with van der Waals surface area (Å²) in [6, 6.07) is 10.6. The van der Waals surface area contributed by atoms with E-state index in [2.05, 4.69) is 40.0 Å². The fourth-order valence-electron chi connectivity index (χ4n) is 3.83. The summed E-state index contributed by atoms with van der Waals surface area (Å²) >= 11 is 0. The third-order valence-electron chi connectivity index (χ3n) is 5.54. The van der Waals surface area contributed by atoms with E-state index in [-0.39, 0.29) is 35.6 Å². The number of hydrogen-bond donors (Lipinski definition) is 2. The highest BCUT2D eigenvalue weighted by molar-refractivity contribution is 5.85. The van der Waals surface area contributed by atoms with Gasteiger partial charge in [-0.25, -0.2) is 0 Å². The van der Waals surface area contributed by atoms with Gasteiger partial charge in [-0.3, -0.25) is 9.48 Å². The number of nitrogens with zero attached hydrogens (tertiary/aromatic N) is 2. The largest absolute Gasteiger partial charge is 0.355 e. The molecule has 1 saturated heterocycles. The molecular formula is C19H25ClN4O. The van der Waals surface area contributed by atoms with Gasteiger partial charge in [-0.2, -0.15) is 5.10 Å². The van der Waals surface area contributed by atoms with E-state index < -0.39 is 0 Å². The summed E-state index contributed by atoms with van der Waals surface area (Å²) in [4.78, 5) is 12.8. The summed E-state index contributed by atoms with van der Waals surface area (Å²) in [6.45, 7) is 2.32. The predicted octanol–water partition coefficient (Wildman–Crippen LogP) is 1.99. The topological polar surface area (TPSA) is 59.0 Å². The molecule has 134 valence electrons. The van der Waals surface area contributed by atoms with Crippen LogP contribution in [0.2, 0.25) is 0 Å². The number of benzene rings is 1. The van der Waals surface area contributed by atoms with Crippen molar-refractivity contribution in [3.8, 4) is 0 Å². The molecule has 0 bridgehead atoms. The van der Waals surface area contributed by atoms with Gasteiger partial charge >= 0.3 is 0 Å². The normalized spacial score (nSPS) is 23.7. The number of carbonyl (C=O) groups is 1. The van der Waals surface area contributed by atoms with Gasteiger partial charge in [0, 0.05) is 44.2 Å². The standard InChI is InChI=1S/C19H24N4O.ClH/c1-23-12-14(9-22-23)16-10-20-11-17(16)18(24)21-13-19(7-8-19)15-5-3-2-4-6-15;/h2-6,9,12,16-17,20H,7-8,10-11,13H2,1H3,(H,21,24);1H/t16-,17+;/m1./s1. The highest BCUT2D eigenvalue weighted by Crippen LogP contribution is 2.47. The Morgan fingerprint density at radius 3 is 2.72 bits per heavy atom. The molecule has 5 nitrogen and oxygen atoms in total. The molecule has 0 spiro atoms. The van der Waals surface area contributed by atoms with Crippen molar-refractivity contribution >= 4 is 18.3 Å². The highest BCUT2D eigenvalue weighted by Gasteiger charge is 2.45. The minimum atomic E-state index is -0.0132. The van der Waals surface area contributed by atoms with E-state index in [0.29, 0.717) is 0 Å². The van der Waals surface area contributed by atoms with E-state index in [1.54, 1.807) is 4.68 Å². The third kappa shape index (κ3) is 3.58. The highest BCUT2D eigenvalue weighted by atomic mass is 35.5. The van der Waals surface area contributed by atoms with Gasteiger partial charge in [0.05, 0.1) is 12.1 Å². The molecule has 2 heterocycles. The molecule has 1 aliphatic carbocycles. The van der Waals surface area contributed by atoms with Crippen molar-refractivity contribution in [2.75, 3.05) is 19.6 Å². The van der Waals surface area contributed by atoms with Gasteiger partial charge in [-0.15, -0.1) is 12.4 Å². The Balaban J connectivity index is 0.00000182. The molecule has 0 unspecified atom stereocenters. The lowest BCUT2D eigenvalue weighted by molar-refractivity contribution is -0.124. The Kier molecular flexibility index (Phi) is 5.16. The molecule has 4 rings (SSSR count). The van der Waals surface area contributed by atoms with Crippen molar-refractivity contribution in [3.63, 3.8) is 0 Å². The van der Waals surface area contributed by atoms with E-state index >= 15 is 0 Å². The fraction of sp³-hybridized carbons (Fsp3) is 0.474.